The lowest BCUT2D eigenvalue weighted by Crippen LogP contribution is -2.31. The molecule has 0 aliphatic heterocycles. The summed E-state index contributed by atoms with van der Waals surface area (Å²) in [5.74, 6) is 1.89. The van der Waals surface area contributed by atoms with Crippen molar-refractivity contribution in [2.75, 3.05) is 5.73 Å². The fourth-order valence-electron chi connectivity index (χ4n) is 8.43. The third-order valence-corrected chi connectivity index (χ3v) is 11.9. The Bertz CT molecular complexity index is 2720. The van der Waals surface area contributed by atoms with E-state index in [1.54, 1.807) is 0 Å². The fraction of sp³-hybridized carbons (Fsp3) is 0.0638. The predicted molar refractivity (Wildman–Crippen MR) is 214 cm³/mol. The quantitative estimate of drug-likeness (QED) is 0.181. The van der Waals surface area contributed by atoms with Gasteiger partial charge in [0, 0.05) is 42.9 Å². The maximum absolute atomic E-state index is 9.86. The first-order chi connectivity index (χ1) is 26.1. The second-order valence-electron chi connectivity index (χ2n) is 13.6. The zero-order valence-corrected chi connectivity index (χ0v) is 29.4. The van der Waals surface area contributed by atoms with Crippen LogP contribution in [0.25, 0.3) is 49.8 Å². The number of rotatable bonds is 5. The van der Waals surface area contributed by atoms with Crippen molar-refractivity contribution in [1.82, 2.24) is 15.0 Å². The molecule has 250 valence electrons. The number of thiophene rings is 1. The summed E-state index contributed by atoms with van der Waals surface area (Å²) in [6, 6.07) is 54.6. The van der Waals surface area contributed by atoms with Crippen molar-refractivity contribution in [2.45, 2.75) is 18.3 Å². The number of hydrogen-bond acceptors (Lipinski definition) is 6. The van der Waals surface area contributed by atoms with Crippen molar-refractivity contribution in [3.05, 3.63) is 195 Å². The Morgan fingerprint density at radius 3 is 1.81 bits per heavy atom. The lowest BCUT2D eigenvalue weighted by molar-refractivity contribution is 0.693. The van der Waals surface area contributed by atoms with Gasteiger partial charge in [-0.3, -0.25) is 0 Å². The first-order valence-electron chi connectivity index (χ1n) is 17.7. The van der Waals surface area contributed by atoms with Crippen molar-refractivity contribution < 1.29 is 0 Å². The molecule has 2 aromatic heterocycles. The molecule has 1 unspecified atom stereocenters. The van der Waals surface area contributed by atoms with Gasteiger partial charge in [0.1, 0.15) is 0 Å². The molecular formula is C47H31N5S. The van der Waals surface area contributed by atoms with E-state index in [-0.39, 0.29) is 0 Å². The number of aryl methyl sites for hydroxylation is 1. The Labute approximate surface area is 311 Å². The summed E-state index contributed by atoms with van der Waals surface area (Å²) in [4.78, 5) is 16.3. The number of anilines is 1. The third kappa shape index (κ3) is 4.86. The van der Waals surface area contributed by atoms with Gasteiger partial charge in [0.25, 0.3) is 0 Å². The number of nitrogens with two attached hydrogens (primary N) is 1. The Morgan fingerprint density at radius 1 is 0.604 bits per heavy atom. The van der Waals surface area contributed by atoms with Crippen molar-refractivity contribution in [2.24, 2.45) is 0 Å². The van der Waals surface area contributed by atoms with Crippen LogP contribution in [0.5, 0.6) is 0 Å². The van der Waals surface area contributed by atoms with E-state index in [9.17, 15) is 5.26 Å². The van der Waals surface area contributed by atoms with E-state index in [4.69, 9.17) is 20.7 Å². The molecule has 0 spiro atoms. The molecule has 8 aromatic rings. The minimum atomic E-state index is -0.581. The summed E-state index contributed by atoms with van der Waals surface area (Å²) >= 11 is 1.85. The molecule has 0 radical (unpaired) electrons. The average Bonchev–Trinajstić information content (AvgIpc) is 3.74. The summed E-state index contributed by atoms with van der Waals surface area (Å²) in [6.07, 6.45) is 1.83. The van der Waals surface area contributed by atoms with Gasteiger partial charge >= 0.3 is 0 Å². The molecule has 2 N–H and O–H groups in total. The number of aromatic nitrogens is 3. The summed E-state index contributed by atoms with van der Waals surface area (Å²) in [7, 11) is 0. The summed E-state index contributed by atoms with van der Waals surface area (Å²) < 4.78 is 1.21. The highest BCUT2D eigenvalue weighted by molar-refractivity contribution is 7.19. The Kier molecular flexibility index (Phi) is 7.17. The van der Waals surface area contributed by atoms with Crippen LogP contribution < -0.4 is 5.73 Å². The van der Waals surface area contributed by atoms with Gasteiger partial charge < -0.3 is 5.73 Å². The van der Waals surface area contributed by atoms with E-state index in [2.05, 4.69) is 84.9 Å². The van der Waals surface area contributed by atoms with Crippen LogP contribution >= 0.6 is 11.3 Å². The van der Waals surface area contributed by atoms with Crippen LogP contribution in [-0.2, 0) is 11.8 Å². The monoisotopic (exact) mass is 697 g/mol. The Hall–Kier alpha value is -6.68. The molecule has 0 bridgehead atoms. The van der Waals surface area contributed by atoms with Crippen LogP contribution in [0.3, 0.4) is 0 Å². The molecule has 5 nitrogen and oxygen atoms in total. The number of nitrogen functional groups attached to an aromatic ring is 1. The molecule has 6 heteroatoms. The summed E-state index contributed by atoms with van der Waals surface area (Å²) in [5, 5.41) is 11.0. The van der Waals surface area contributed by atoms with E-state index in [0.717, 1.165) is 46.2 Å². The standard InChI is InChI=1S/C47H31N5S/c48-28-29-16-24-40-37(26-29)43-41(53-40)25-23-38-42(43)36-22-21-35(49)27-39(36)47(38,33-14-8-3-9-15-33)34-19-17-32(18-20-34)46-51-44(30-10-4-1-5-11-30)50-45(52-46)31-12-6-2-7-13-31/h1-22,24,26-27H,23,25,49H2. The van der Waals surface area contributed by atoms with E-state index in [0.29, 0.717) is 23.0 Å². The van der Waals surface area contributed by atoms with Gasteiger partial charge in [0.2, 0.25) is 0 Å². The second kappa shape index (κ2) is 12.2. The molecule has 0 fully saturated rings. The van der Waals surface area contributed by atoms with Crippen molar-refractivity contribution in [1.29, 1.82) is 5.26 Å². The highest BCUT2D eigenvalue weighted by Crippen LogP contribution is 2.61. The van der Waals surface area contributed by atoms with Gasteiger partial charge in [-0.25, -0.2) is 15.0 Å². The van der Waals surface area contributed by atoms with Crippen molar-refractivity contribution in [3.8, 4) is 40.2 Å². The number of nitrogens with zero attached hydrogens (tertiary/aromatic N) is 4. The van der Waals surface area contributed by atoms with E-state index < -0.39 is 5.41 Å². The molecule has 1 atom stereocenters. The molecule has 0 saturated heterocycles. The number of allylic oxidation sites excluding steroid dienone is 1. The molecule has 6 aromatic carbocycles. The van der Waals surface area contributed by atoms with Gasteiger partial charge in [-0.1, -0.05) is 121 Å². The van der Waals surface area contributed by atoms with Crippen LogP contribution in [0.2, 0.25) is 0 Å². The van der Waals surface area contributed by atoms with E-state index in [1.807, 2.05) is 84.1 Å². The lowest BCUT2D eigenvalue weighted by atomic mass is 9.65. The number of hydrogen-bond donors (Lipinski definition) is 1. The van der Waals surface area contributed by atoms with Crippen molar-refractivity contribution in [3.63, 3.8) is 0 Å². The molecule has 0 saturated carbocycles. The first kappa shape index (κ1) is 31.1. The van der Waals surface area contributed by atoms with E-state index in [1.165, 1.54) is 43.0 Å². The van der Waals surface area contributed by atoms with Gasteiger partial charge in [-0.05, 0) is 76.6 Å². The van der Waals surface area contributed by atoms with Crippen LogP contribution in [0.15, 0.2) is 157 Å². The molecule has 0 amide bonds. The van der Waals surface area contributed by atoms with Crippen LogP contribution in [0, 0.1) is 11.3 Å². The largest absolute Gasteiger partial charge is 0.399 e. The van der Waals surface area contributed by atoms with Crippen LogP contribution in [0.1, 0.15) is 44.7 Å². The third-order valence-electron chi connectivity index (χ3n) is 10.7. The van der Waals surface area contributed by atoms with Crippen LogP contribution in [0.4, 0.5) is 5.69 Å². The lowest BCUT2D eigenvalue weighted by Gasteiger charge is -2.37. The number of nitriles is 1. The molecule has 2 aliphatic carbocycles. The fourth-order valence-corrected chi connectivity index (χ4v) is 9.62. The smallest absolute Gasteiger partial charge is 0.164 e. The van der Waals surface area contributed by atoms with Gasteiger partial charge in [0.05, 0.1) is 17.0 Å². The van der Waals surface area contributed by atoms with Gasteiger partial charge in [-0.15, -0.1) is 11.3 Å². The molecule has 2 aliphatic rings. The topological polar surface area (TPSA) is 88.5 Å². The van der Waals surface area contributed by atoms with Crippen LogP contribution in [-0.4, -0.2) is 15.0 Å². The highest BCUT2D eigenvalue weighted by atomic mass is 32.1. The minimum Gasteiger partial charge on any atom is -0.399 e. The zero-order valence-electron chi connectivity index (χ0n) is 28.6. The zero-order chi connectivity index (χ0) is 35.5. The maximum Gasteiger partial charge on any atom is 0.164 e. The molecular weight excluding hydrogens is 667 g/mol. The van der Waals surface area contributed by atoms with Gasteiger partial charge in [0.15, 0.2) is 17.5 Å². The molecule has 2 heterocycles. The summed E-state index contributed by atoms with van der Waals surface area (Å²) in [5.41, 5.74) is 18.9. The summed E-state index contributed by atoms with van der Waals surface area (Å²) in [6.45, 7) is 0. The highest BCUT2D eigenvalue weighted by Gasteiger charge is 2.49. The van der Waals surface area contributed by atoms with E-state index >= 15 is 0 Å². The van der Waals surface area contributed by atoms with Gasteiger partial charge in [-0.2, -0.15) is 5.26 Å². The first-order valence-corrected chi connectivity index (χ1v) is 18.6. The Balaban J connectivity index is 1.20. The average molecular weight is 698 g/mol. The molecule has 53 heavy (non-hydrogen) atoms. The second-order valence-corrected chi connectivity index (χ2v) is 14.7. The number of benzene rings is 6. The maximum atomic E-state index is 9.86. The number of fused-ring (bicyclic) bond motifs is 6. The SMILES string of the molecule is N#Cc1ccc2sc3c(c2c1)C1=C(CC3)C(c2ccccc2)(c2ccc(-c3nc(-c4ccccc4)nc(-c4ccccc4)n3)cc2)c2cc(N)ccc21. The Morgan fingerprint density at radius 2 is 1.19 bits per heavy atom. The normalized spacial score (nSPS) is 15.8. The minimum absolute atomic E-state index is 0.581. The van der Waals surface area contributed by atoms with Crippen molar-refractivity contribution >= 4 is 32.7 Å². The molecule has 10 rings (SSSR count). The predicted octanol–water partition coefficient (Wildman–Crippen LogP) is 10.6.